The molecular weight excluding hydrogens is 172 g/mol. The van der Waals surface area contributed by atoms with Crippen LogP contribution in [0.4, 0.5) is 0 Å². The molecule has 1 unspecified atom stereocenters. The highest BCUT2D eigenvalue weighted by molar-refractivity contribution is 7.92. The Hall–Kier alpha value is -0.0500. The summed E-state index contributed by atoms with van der Waals surface area (Å²) in [7, 11) is -2.79. The van der Waals surface area contributed by atoms with Gasteiger partial charge in [-0.3, -0.25) is 0 Å². The van der Waals surface area contributed by atoms with Crippen molar-refractivity contribution in [2.24, 2.45) is 11.3 Å². The van der Waals surface area contributed by atoms with Gasteiger partial charge < -0.3 is 0 Å². The molecule has 0 aromatic heterocycles. The zero-order chi connectivity index (χ0) is 9.57. The van der Waals surface area contributed by atoms with E-state index in [1.807, 2.05) is 13.8 Å². The maximum Gasteiger partial charge on any atom is 0.153 e. The zero-order valence-corrected chi connectivity index (χ0v) is 9.11. The maximum atomic E-state index is 11.6. The quantitative estimate of drug-likeness (QED) is 0.632. The highest BCUT2D eigenvalue weighted by atomic mass is 32.2. The molecule has 0 saturated carbocycles. The Kier molecular flexibility index (Phi) is 2.28. The summed E-state index contributed by atoms with van der Waals surface area (Å²) in [6, 6.07) is 0. The third-order valence-electron chi connectivity index (χ3n) is 2.79. The number of sulfone groups is 1. The van der Waals surface area contributed by atoms with Gasteiger partial charge in [0.1, 0.15) is 0 Å². The molecule has 0 aromatic rings. The molecule has 3 heteroatoms. The molecule has 1 aliphatic heterocycles. The van der Waals surface area contributed by atoms with Crippen molar-refractivity contribution in [2.45, 2.75) is 39.4 Å². The maximum absolute atomic E-state index is 11.6. The molecular formula is C9H18O2S. The van der Waals surface area contributed by atoms with Gasteiger partial charge in [-0.25, -0.2) is 8.42 Å². The minimum atomic E-state index is -2.79. The predicted molar refractivity (Wildman–Crippen MR) is 50.8 cm³/mol. The van der Waals surface area contributed by atoms with Crippen LogP contribution in [0.25, 0.3) is 0 Å². The zero-order valence-electron chi connectivity index (χ0n) is 8.29. The standard InChI is InChI=1S/C9H18O2S/c1-7(2)8-9(3,4)5-6-12(8,10)11/h7-8H,5-6H2,1-4H3. The van der Waals surface area contributed by atoms with Crippen molar-refractivity contribution in [1.82, 2.24) is 0 Å². The van der Waals surface area contributed by atoms with E-state index in [0.29, 0.717) is 5.75 Å². The molecule has 0 amide bonds. The van der Waals surface area contributed by atoms with Crippen LogP contribution >= 0.6 is 0 Å². The molecule has 0 aromatic carbocycles. The molecule has 0 radical (unpaired) electrons. The van der Waals surface area contributed by atoms with E-state index in [0.717, 1.165) is 6.42 Å². The van der Waals surface area contributed by atoms with E-state index < -0.39 is 9.84 Å². The van der Waals surface area contributed by atoms with E-state index in [4.69, 9.17) is 0 Å². The van der Waals surface area contributed by atoms with E-state index in [1.165, 1.54) is 0 Å². The molecule has 2 nitrogen and oxygen atoms in total. The van der Waals surface area contributed by atoms with E-state index in [1.54, 1.807) is 0 Å². The van der Waals surface area contributed by atoms with E-state index in [-0.39, 0.29) is 16.6 Å². The van der Waals surface area contributed by atoms with Crippen LogP contribution in [-0.4, -0.2) is 19.4 Å². The smallest absolute Gasteiger partial charge is 0.153 e. The van der Waals surface area contributed by atoms with Crippen molar-refractivity contribution in [3.05, 3.63) is 0 Å². The Bertz CT molecular complexity index is 262. The van der Waals surface area contributed by atoms with Crippen molar-refractivity contribution in [1.29, 1.82) is 0 Å². The first kappa shape index (κ1) is 10.0. The molecule has 1 fully saturated rings. The molecule has 12 heavy (non-hydrogen) atoms. The van der Waals surface area contributed by atoms with Crippen LogP contribution in [0.15, 0.2) is 0 Å². The normalized spacial score (nSPS) is 32.6. The summed E-state index contributed by atoms with van der Waals surface area (Å²) in [5.74, 6) is 0.621. The van der Waals surface area contributed by atoms with Crippen molar-refractivity contribution in [3.8, 4) is 0 Å². The summed E-state index contributed by atoms with van der Waals surface area (Å²) in [4.78, 5) is 0. The summed E-state index contributed by atoms with van der Waals surface area (Å²) in [6.45, 7) is 8.11. The van der Waals surface area contributed by atoms with Crippen LogP contribution in [0.2, 0.25) is 0 Å². The second-order valence-electron chi connectivity index (χ2n) is 4.77. The first-order valence-electron chi connectivity index (χ1n) is 4.49. The third-order valence-corrected chi connectivity index (χ3v) is 5.52. The van der Waals surface area contributed by atoms with Crippen LogP contribution in [0.1, 0.15) is 34.1 Å². The van der Waals surface area contributed by atoms with Crippen LogP contribution in [0.3, 0.4) is 0 Å². The van der Waals surface area contributed by atoms with Crippen LogP contribution in [-0.2, 0) is 9.84 Å². The SMILES string of the molecule is CC(C)C1C(C)(C)CCS1(=O)=O. The lowest BCUT2D eigenvalue weighted by Crippen LogP contribution is -2.33. The summed E-state index contributed by atoms with van der Waals surface area (Å²) < 4.78 is 23.2. The Labute approximate surface area is 75.3 Å². The molecule has 1 heterocycles. The fourth-order valence-electron chi connectivity index (χ4n) is 2.48. The molecule has 1 atom stereocenters. The fraction of sp³-hybridized carbons (Fsp3) is 1.00. The predicted octanol–water partition coefficient (Wildman–Crippen LogP) is 1.86. The first-order chi connectivity index (χ1) is 5.27. The van der Waals surface area contributed by atoms with Gasteiger partial charge >= 0.3 is 0 Å². The van der Waals surface area contributed by atoms with Gasteiger partial charge in [0.2, 0.25) is 0 Å². The van der Waals surface area contributed by atoms with Gasteiger partial charge in [0.15, 0.2) is 9.84 Å². The summed E-state index contributed by atoms with van der Waals surface area (Å²) in [6.07, 6.45) is 0.818. The van der Waals surface area contributed by atoms with Gasteiger partial charge in [0.05, 0.1) is 11.0 Å². The van der Waals surface area contributed by atoms with Crippen LogP contribution in [0.5, 0.6) is 0 Å². The molecule has 1 aliphatic rings. The lowest BCUT2D eigenvalue weighted by atomic mass is 9.82. The van der Waals surface area contributed by atoms with E-state index in [9.17, 15) is 8.42 Å². The van der Waals surface area contributed by atoms with Crippen LogP contribution in [0, 0.1) is 11.3 Å². The van der Waals surface area contributed by atoms with Crippen molar-refractivity contribution in [3.63, 3.8) is 0 Å². The topological polar surface area (TPSA) is 34.1 Å². The monoisotopic (exact) mass is 190 g/mol. The second kappa shape index (κ2) is 2.72. The average molecular weight is 190 g/mol. The van der Waals surface area contributed by atoms with Gasteiger partial charge in [-0.05, 0) is 17.8 Å². The molecule has 1 rings (SSSR count). The Morgan fingerprint density at radius 2 is 1.83 bits per heavy atom. The highest BCUT2D eigenvalue weighted by Gasteiger charge is 2.47. The van der Waals surface area contributed by atoms with Crippen molar-refractivity contribution < 1.29 is 8.42 Å². The fourth-order valence-corrected chi connectivity index (χ4v) is 5.46. The molecule has 0 bridgehead atoms. The number of hydrogen-bond donors (Lipinski definition) is 0. The summed E-state index contributed by atoms with van der Waals surface area (Å²) in [5, 5.41) is -0.134. The molecule has 1 saturated heterocycles. The summed E-state index contributed by atoms with van der Waals surface area (Å²) >= 11 is 0. The first-order valence-corrected chi connectivity index (χ1v) is 6.20. The van der Waals surface area contributed by atoms with Gasteiger partial charge in [-0.2, -0.15) is 0 Å². The lowest BCUT2D eigenvalue weighted by molar-refractivity contribution is 0.305. The summed E-state index contributed by atoms with van der Waals surface area (Å²) in [5.41, 5.74) is -0.0208. The minimum absolute atomic E-state index is 0.0208. The average Bonchev–Trinajstić information content (AvgIpc) is 2.01. The van der Waals surface area contributed by atoms with Gasteiger partial charge in [0, 0.05) is 0 Å². The number of rotatable bonds is 1. The van der Waals surface area contributed by atoms with Crippen molar-refractivity contribution >= 4 is 9.84 Å². The molecule has 72 valence electrons. The Morgan fingerprint density at radius 3 is 2.00 bits per heavy atom. The largest absolute Gasteiger partial charge is 0.229 e. The molecule has 0 spiro atoms. The van der Waals surface area contributed by atoms with Crippen molar-refractivity contribution in [2.75, 3.05) is 5.75 Å². The number of hydrogen-bond acceptors (Lipinski definition) is 2. The third kappa shape index (κ3) is 1.51. The minimum Gasteiger partial charge on any atom is -0.229 e. The van der Waals surface area contributed by atoms with E-state index in [2.05, 4.69) is 13.8 Å². The lowest BCUT2D eigenvalue weighted by Gasteiger charge is -2.28. The molecule has 0 aliphatic carbocycles. The van der Waals surface area contributed by atoms with E-state index >= 15 is 0 Å². The van der Waals surface area contributed by atoms with Crippen LogP contribution < -0.4 is 0 Å². The van der Waals surface area contributed by atoms with Gasteiger partial charge in [-0.1, -0.05) is 27.7 Å². The van der Waals surface area contributed by atoms with Gasteiger partial charge in [0.25, 0.3) is 0 Å². The molecule has 0 N–H and O–H groups in total. The highest BCUT2D eigenvalue weighted by Crippen LogP contribution is 2.41. The van der Waals surface area contributed by atoms with Gasteiger partial charge in [-0.15, -0.1) is 0 Å². The second-order valence-corrected chi connectivity index (χ2v) is 7.01. The Balaban J connectivity index is 3.05. The Morgan fingerprint density at radius 1 is 1.33 bits per heavy atom.